The van der Waals surface area contributed by atoms with Gasteiger partial charge >= 0.3 is 0 Å². The number of thioether (sulfide) groups is 1. The number of hydrogen-bond donors (Lipinski definition) is 2. The van der Waals surface area contributed by atoms with Gasteiger partial charge in [-0.1, -0.05) is 18.2 Å². The highest BCUT2D eigenvalue weighted by Crippen LogP contribution is 2.36. The van der Waals surface area contributed by atoms with Gasteiger partial charge in [0, 0.05) is 5.56 Å². The molecule has 0 aliphatic carbocycles. The van der Waals surface area contributed by atoms with Crippen molar-refractivity contribution in [3.63, 3.8) is 0 Å². The monoisotopic (exact) mass is 313 g/mol. The van der Waals surface area contributed by atoms with Crippen LogP contribution in [-0.4, -0.2) is 21.4 Å². The van der Waals surface area contributed by atoms with Crippen LogP contribution in [0.5, 0.6) is 11.5 Å². The van der Waals surface area contributed by atoms with E-state index in [1.807, 2.05) is 0 Å². The van der Waals surface area contributed by atoms with E-state index in [-0.39, 0.29) is 16.4 Å². The first kappa shape index (κ1) is 14.2. The summed E-state index contributed by atoms with van der Waals surface area (Å²) in [5.41, 5.74) is 0.861. The number of benzene rings is 2. The van der Waals surface area contributed by atoms with E-state index in [2.05, 4.69) is 0 Å². The minimum absolute atomic E-state index is 0.0407. The van der Waals surface area contributed by atoms with Crippen molar-refractivity contribution in [2.75, 3.05) is 4.90 Å². The van der Waals surface area contributed by atoms with Crippen molar-refractivity contribution in [1.29, 1.82) is 0 Å². The van der Waals surface area contributed by atoms with Crippen LogP contribution >= 0.6 is 11.8 Å². The number of carbonyl (C=O) groups excluding carboxylic acids is 2. The third-order valence-electron chi connectivity index (χ3n) is 3.12. The molecule has 0 spiro atoms. The van der Waals surface area contributed by atoms with E-state index in [1.165, 1.54) is 36.4 Å². The molecule has 0 bridgehead atoms. The molecule has 0 unspecified atom stereocenters. The number of nitrogens with zero attached hydrogens (tertiary/aromatic N) is 1. The van der Waals surface area contributed by atoms with Gasteiger partial charge in [0.05, 0.1) is 10.6 Å². The second kappa shape index (κ2) is 5.57. The molecule has 1 heterocycles. The van der Waals surface area contributed by atoms with Gasteiger partial charge in [-0.25, -0.2) is 4.90 Å². The molecular formula is C16H11NO4S. The van der Waals surface area contributed by atoms with Gasteiger partial charge in [0.25, 0.3) is 11.1 Å². The van der Waals surface area contributed by atoms with E-state index in [0.29, 0.717) is 11.3 Å². The van der Waals surface area contributed by atoms with Crippen molar-refractivity contribution >= 4 is 34.7 Å². The van der Waals surface area contributed by atoms with Crippen molar-refractivity contribution in [3.05, 3.63) is 59.0 Å². The third-order valence-corrected chi connectivity index (χ3v) is 3.99. The first-order valence-corrected chi connectivity index (χ1v) is 7.23. The molecule has 1 saturated heterocycles. The molecule has 1 aliphatic rings. The Hall–Kier alpha value is -2.73. The summed E-state index contributed by atoms with van der Waals surface area (Å²) in [5, 5.41) is 18.6. The van der Waals surface area contributed by atoms with Crippen LogP contribution in [0.3, 0.4) is 0 Å². The summed E-state index contributed by atoms with van der Waals surface area (Å²) in [5.74, 6) is -0.358. The Morgan fingerprint density at radius 2 is 1.64 bits per heavy atom. The third kappa shape index (κ3) is 2.56. The van der Waals surface area contributed by atoms with E-state index >= 15 is 0 Å². The number of rotatable bonds is 2. The number of hydrogen-bond acceptors (Lipinski definition) is 5. The molecule has 6 heteroatoms. The van der Waals surface area contributed by atoms with Gasteiger partial charge in [-0.2, -0.15) is 0 Å². The Kier molecular flexibility index (Phi) is 3.60. The maximum atomic E-state index is 12.4. The smallest absolute Gasteiger partial charge is 0.298 e. The molecule has 1 fully saturated rings. The fraction of sp³-hybridized carbons (Fsp3) is 0. The average molecular weight is 313 g/mol. The SMILES string of the molecule is O=C1S/C(=C\c2ccccc2O)C(=O)N1c1ccc(O)cc1. The second-order valence-electron chi connectivity index (χ2n) is 4.59. The van der Waals surface area contributed by atoms with E-state index in [1.54, 1.807) is 18.2 Å². The predicted molar refractivity (Wildman–Crippen MR) is 84.7 cm³/mol. The Morgan fingerprint density at radius 3 is 2.32 bits per heavy atom. The second-order valence-corrected chi connectivity index (χ2v) is 5.59. The van der Waals surface area contributed by atoms with Crippen LogP contribution in [0.1, 0.15) is 5.56 Å². The van der Waals surface area contributed by atoms with Gasteiger partial charge in [-0.3, -0.25) is 9.59 Å². The van der Waals surface area contributed by atoms with E-state index in [4.69, 9.17) is 0 Å². The van der Waals surface area contributed by atoms with Gasteiger partial charge in [-0.15, -0.1) is 0 Å². The highest BCUT2D eigenvalue weighted by molar-refractivity contribution is 8.19. The van der Waals surface area contributed by atoms with Crippen LogP contribution in [0.25, 0.3) is 6.08 Å². The number of amides is 2. The minimum atomic E-state index is -0.455. The quantitative estimate of drug-likeness (QED) is 0.831. The molecule has 2 N–H and O–H groups in total. The molecule has 0 aromatic heterocycles. The molecule has 2 aromatic rings. The maximum Gasteiger partial charge on any atom is 0.298 e. The lowest BCUT2D eigenvalue weighted by atomic mass is 10.2. The summed E-state index contributed by atoms with van der Waals surface area (Å²) < 4.78 is 0. The Labute approximate surface area is 130 Å². The van der Waals surface area contributed by atoms with E-state index in [0.717, 1.165) is 16.7 Å². The maximum absolute atomic E-state index is 12.4. The van der Waals surface area contributed by atoms with Crippen LogP contribution in [0, 0.1) is 0 Å². The summed E-state index contributed by atoms with van der Waals surface area (Å²) in [6, 6.07) is 12.4. The lowest BCUT2D eigenvalue weighted by molar-refractivity contribution is -0.113. The Morgan fingerprint density at radius 1 is 0.955 bits per heavy atom. The zero-order valence-corrected chi connectivity index (χ0v) is 12.1. The number of aromatic hydroxyl groups is 2. The van der Waals surface area contributed by atoms with Crippen LogP contribution in [0.4, 0.5) is 10.5 Å². The highest BCUT2D eigenvalue weighted by Gasteiger charge is 2.36. The van der Waals surface area contributed by atoms with Crippen LogP contribution < -0.4 is 4.90 Å². The van der Waals surface area contributed by atoms with Gasteiger partial charge in [0.2, 0.25) is 0 Å². The Balaban J connectivity index is 1.95. The standard InChI is InChI=1S/C16H11NO4S/c18-12-7-5-11(6-8-12)17-15(20)14(22-16(17)21)9-10-3-1-2-4-13(10)19/h1-9,18-19H/b14-9-. The largest absolute Gasteiger partial charge is 0.508 e. The fourth-order valence-electron chi connectivity index (χ4n) is 2.04. The summed E-state index contributed by atoms with van der Waals surface area (Å²) in [4.78, 5) is 25.7. The van der Waals surface area contributed by atoms with Crippen molar-refractivity contribution in [2.24, 2.45) is 0 Å². The lowest BCUT2D eigenvalue weighted by Gasteiger charge is -2.12. The van der Waals surface area contributed by atoms with Crippen molar-refractivity contribution < 1.29 is 19.8 Å². The number of para-hydroxylation sites is 1. The van der Waals surface area contributed by atoms with Gasteiger partial charge in [0.1, 0.15) is 11.5 Å². The number of carbonyl (C=O) groups is 2. The summed E-state index contributed by atoms with van der Waals surface area (Å²) in [6.07, 6.45) is 1.49. The molecule has 3 rings (SSSR count). The fourth-order valence-corrected chi connectivity index (χ4v) is 2.88. The molecule has 2 aromatic carbocycles. The molecule has 5 nitrogen and oxygen atoms in total. The summed E-state index contributed by atoms with van der Waals surface area (Å²) in [6.45, 7) is 0. The lowest BCUT2D eigenvalue weighted by Crippen LogP contribution is -2.27. The van der Waals surface area contributed by atoms with Gasteiger partial charge in [-0.05, 0) is 48.2 Å². The van der Waals surface area contributed by atoms with E-state index in [9.17, 15) is 19.8 Å². The Bertz CT molecular complexity index is 783. The predicted octanol–water partition coefficient (Wildman–Crippen LogP) is 3.34. The number of imide groups is 1. The molecule has 2 amide bonds. The number of phenolic OH excluding ortho intramolecular Hbond substituents is 2. The molecular weight excluding hydrogens is 302 g/mol. The summed E-state index contributed by atoms with van der Waals surface area (Å²) >= 11 is 0.809. The van der Waals surface area contributed by atoms with E-state index < -0.39 is 11.1 Å². The first-order chi connectivity index (χ1) is 10.6. The van der Waals surface area contributed by atoms with Crippen LogP contribution in [-0.2, 0) is 4.79 Å². The summed E-state index contributed by atoms with van der Waals surface area (Å²) in [7, 11) is 0. The molecule has 0 radical (unpaired) electrons. The average Bonchev–Trinajstić information content (AvgIpc) is 2.77. The van der Waals surface area contributed by atoms with Gasteiger partial charge < -0.3 is 10.2 Å². The van der Waals surface area contributed by atoms with Crippen molar-refractivity contribution in [2.45, 2.75) is 0 Å². The molecule has 110 valence electrons. The minimum Gasteiger partial charge on any atom is -0.508 e. The normalized spacial score (nSPS) is 16.5. The number of anilines is 1. The zero-order chi connectivity index (χ0) is 15.7. The molecule has 22 heavy (non-hydrogen) atoms. The topological polar surface area (TPSA) is 77.8 Å². The van der Waals surface area contributed by atoms with Crippen LogP contribution in [0.2, 0.25) is 0 Å². The van der Waals surface area contributed by atoms with Crippen LogP contribution in [0.15, 0.2) is 53.4 Å². The highest BCUT2D eigenvalue weighted by atomic mass is 32.2. The molecule has 1 aliphatic heterocycles. The van der Waals surface area contributed by atoms with Crippen molar-refractivity contribution in [1.82, 2.24) is 0 Å². The zero-order valence-electron chi connectivity index (χ0n) is 11.3. The van der Waals surface area contributed by atoms with Gasteiger partial charge in [0.15, 0.2) is 0 Å². The number of phenols is 2. The first-order valence-electron chi connectivity index (χ1n) is 6.41. The molecule has 0 saturated carbocycles. The molecule has 0 atom stereocenters. The van der Waals surface area contributed by atoms with Crippen molar-refractivity contribution in [3.8, 4) is 11.5 Å².